The molecule has 0 aromatic carbocycles. The van der Waals surface area contributed by atoms with E-state index in [4.69, 9.17) is 9.47 Å². The van der Waals surface area contributed by atoms with E-state index in [0.717, 1.165) is 37.3 Å². The van der Waals surface area contributed by atoms with Gasteiger partial charge in [-0.2, -0.15) is 5.10 Å². The van der Waals surface area contributed by atoms with Gasteiger partial charge in [0.1, 0.15) is 11.8 Å². The van der Waals surface area contributed by atoms with Gasteiger partial charge in [-0.1, -0.05) is 13.8 Å². The monoisotopic (exact) mass is 506 g/mol. The molecule has 3 N–H and O–H groups in total. The lowest BCUT2D eigenvalue weighted by molar-refractivity contribution is -0.0531. The number of anilines is 1. The molecule has 4 saturated carbocycles. The second-order valence-electron chi connectivity index (χ2n) is 10.8. The Labute approximate surface area is 207 Å². The zero-order valence-corrected chi connectivity index (χ0v) is 20.6. The average molecular weight is 507 g/mol. The summed E-state index contributed by atoms with van der Waals surface area (Å²) in [7, 11) is 1.52. The summed E-state index contributed by atoms with van der Waals surface area (Å²) in [5.74, 6) is 1.23. The van der Waals surface area contributed by atoms with Crippen LogP contribution in [0.15, 0.2) is 12.1 Å². The Morgan fingerprint density at radius 3 is 2.64 bits per heavy atom. The number of amides is 2. The molecule has 0 saturated heterocycles. The topological polar surface area (TPSA) is 123 Å². The highest BCUT2D eigenvalue weighted by atomic mass is 19.3. The third-order valence-electron chi connectivity index (χ3n) is 7.80. The lowest BCUT2D eigenvalue weighted by Crippen LogP contribution is -2.68. The van der Waals surface area contributed by atoms with Crippen molar-refractivity contribution in [2.75, 3.05) is 11.9 Å². The largest absolute Gasteiger partial charge is 0.471 e. The van der Waals surface area contributed by atoms with Crippen molar-refractivity contribution in [2.24, 2.45) is 24.8 Å². The van der Waals surface area contributed by atoms with E-state index in [2.05, 4.69) is 39.8 Å². The Morgan fingerprint density at radius 1 is 1.25 bits per heavy atom. The number of ether oxygens (including phenoxy) is 2. The first-order valence-corrected chi connectivity index (χ1v) is 12.4. The number of nitrogens with zero attached hydrogens (tertiary/aromatic N) is 3. The maximum Gasteiger partial charge on any atom is 0.407 e. The molecule has 2 aromatic heterocycles. The number of aromatic amines is 1. The van der Waals surface area contributed by atoms with E-state index >= 15 is 0 Å². The summed E-state index contributed by atoms with van der Waals surface area (Å²) >= 11 is 0. The number of hydrogen-bond donors (Lipinski definition) is 3. The third kappa shape index (κ3) is 4.90. The van der Waals surface area contributed by atoms with E-state index in [0.29, 0.717) is 18.2 Å². The highest BCUT2D eigenvalue weighted by molar-refractivity contribution is 6.02. The van der Waals surface area contributed by atoms with E-state index in [1.165, 1.54) is 17.8 Å². The van der Waals surface area contributed by atoms with Gasteiger partial charge in [0.25, 0.3) is 12.3 Å². The summed E-state index contributed by atoms with van der Waals surface area (Å²) in [6, 6.07) is 3.07. The molecular weight excluding hydrogens is 474 g/mol. The molecule has 10 nitrogen and oxygen atoms in total. The van der Waals surface area contributed by atoms with Crippen LogP contribution in [0.3, 0.4) is 0 Å². The molecule has 196 valence electrons. The van der Waals surface area contributed by atoms with Crippen molar-refractivity contribution in [3.05, 3.63) is 23.5 Å². The van der Waals surface area contributed by atoms with Gasteiger partial charge >= 0.3 is 6.09 Å². The van der Waals surface area contributed by atoms with E-state index in [1.54, 1.807) is 6.07 Å². The number of alkyl halides is 2. The third-order valence-corrected chi connectivity index (χ3v) is 7.80. The standard InChI is InChI=1S/C24H32F2N6O4/c1-12(2)15-4-14(5-18(15)36-23(34)28-24-8-13(9-24)10-24)16-6-20(30-29-16)27-22(33)17-7-21(31-32(17)3)35-11-19(25)26/h6-7,12-15,18-19H,4-5,8-11H2,1-3H3,(H,28,34)(H2,27,29,30,33). The van der Waals surface area contributed by atoms with Crippen LogP contribution in [0.2, 0.25) is 0 Å². The smallest absolute Gasteiger partial charge is 0.407 e. The van der Waals surface area contributed by atoms with Gasteiger partial charge in [0.05, 0.1) is 0 Å². The molecular formula is C24H32F2N6O4. The molecule has 0 aliphatic heterocycles. The van der Waals surface area contributed by atoms with Gasteiger partial charge in [0.2, 0.25) is 5.88 Å². The minimum atomic E-state index is -2.63. The molecule has 4 fully saturated rings. The molecule has 2 aromatic rings. The van der Waals surface area contributed by atoms with Crippen LogP contribution in [0.1, 0.15) is 68.1 Å². The Balaban J connectivity index is 1.19. The summed E-state index contributed by atoms with van der Waals surface area (Å²) in [6.07, 6.45) is 1.56. The van der Waals surface area contributed by atoms with E-state index in [1.807, 2.05) is 0 Å². The highest BCUT2D eigenvalue weighted by Crippen LogP contribution is 2.57. The summed E-state index contributed by atoms with van der Waals surface area (Å²) in [5.41, 5.74) is 0.980. The van der Waals surface area contributed by atoms with Gasteiger partial charge in [-0.25, -0.2) is 13.6 Å². The van der Waals surface area contributed by atoms with Crippen molar-refractivity contribution in [1.82, 2.24) is 25.3 Å². The molecule has 2 heterocycles. The van der Waals surface area contributed by atoms with Crippen LogP contribution < -0.4 is 15.4 Å². The van der Waals surface area contributed by atoms with Crippen LogP contribution in [0.5, 0.6) is 5.88 Å². The molecule has 36 heavy (non-hydrogen) atoms. The van der Waals surface area contributed by atoms with Crippen LogP contribution in [-0.2, 0) is 11.8 Å². The SMILES string of the molecule is CC(C)C1CC(c2cc(NC(=O)c3cc(OCC(F)F)nn3C)n[nH]2)CC1OC(=O)NC12CC(C1)C2. The number of rotatable bonds is 9. The molecule has 0 radical (unpaired) electrons. The number of aromatic nitrogens is 4. The molecule has 12 heteroatoms. The Kier molecular flexibility index (Phi) is 6.37. The first kappa shape index (κ1) is 24.5. The van der Waals surface area contributed by atoms with Gasteiger partial charge in [0.15, 0.2) is 12.4 Å². The van der Waals surface area contributed by atoms with Crippen LogP contribution in [0.4, 0.5) is 19.4 Å². The van der Waals surface area contributed by atoms with Crippen LogP contribution in [-0.4, -0.2) is 56.7 Å². The molecule has 4 aliphatic carbocycles. The summed E-state index contributed by atoms with van der Waals surface area (Å²) in [5, 5.41) is 16.9. The first-order valence-electron chi connectivity index (χ1n) is 12.4. The summed E-state index contributed by atoms with van der Waals surface area (Å²) < 4.78 is 36.8. The molecule has 3 unspecified atom stereocenters. The van der Waals surface area contributed by atoms with E-state index < -0.39 is 18.9 Å². The maximum absolute atomic E-state index is 12.7. The quantitative estimate of drug-likeness (QED) is 0.475. The first-order chi connectivity index (χ1) is 17.1. The van der Waals surface area contributed by atoms with Crippen molar-refractivity contribution in [1.29, 1.82) is 0 Å². The van der Waals surface area contributed by atoms with Gasteiger partial charge < -0.3 is 20.1 Å². The Morgan fingerprint density at radius 2 is 2.00 bits per heavy atom. The van der Waals surface area contributed by atoms with Crippen LogP contribution in [0, 0.1) is 17.8 Å². The number of H-pyrrole nitrogens is 1. The van der Waals surface area contributed by atoms with Crippen molar-refractivity contribution < 1.29 is 27.8 Å². The van der Waals surface area contributed by atoms with Crippen molar-refractivity contribution in [2.45, 2.75) is 69.9 Å². The Bertz CT molecular complexity index is 1110. The predicted octanol–water partition coefficient (Wildman–Crippen LogP) is 3.84. The zero-order valence-electron chi connectivity index (χ0n) is 20.6. The fraction of sp³-hybridized carbons (Fsp3) is 0.667. The fourth-order valence-electron chi connectivity index (χ4n) is 5.80. The molecule has 6 rings (SSSR count). The number of carbonyl (C=O) groups is 2. The molecule has 2 bridgehead atoms. The van der Waals surface area contributed by atoms with Gasteiger partial charge in [0, 0.05) is 36.3 Å². The molecule has 3 atom stereocenters. The summed E-state index contributed by atoms with van der Waals surface area (Å²) in [4.78, 5) is 25.2. The highest BCUT2D eigenvalue weighted by Gasteiger charge is 2.58. The molecule has 0 spiro atoms. The number of halogens is 2. The molecule has 2 amide bonds. The zero-order chi connectivity index (χ0) is 25.6. The number of nitrogens with one attached hydrogen (secondary N) is 3. The van der Waals surface area contributed by atoms with Crippen LogP contribution in [0.25, 0.3) is 0 Å². The average Bonchev–Trinajstić information content (AvgIpc) is 3.46. The minimum absolute atomic E-state index is 0.0206. The van der Waals surface area contributed by atoms with Gasteiger partial charge in [-0.15, -0.1) is 5.10 Å². The lowest BCUT2D eigenvalue weighted by atomic mass is 9.50. The minimum Gasteiger partial charge on any atom is -0.471 e. The molecule has 4 aliphatic rings. The van der Waals surface area contributed by atoms with Gasteiger partial charge in [-0.3, -0.25) is 14.6 Å². The normalized spacial score (nSPS) is 28.5. The Hall–Kier alpha value is -3.18. The lowest BCUT2D eigenvalue weighted by Gasteiger charge is -2.61. The predicted molar refractivity (Wildman–Crippen MR) is 125 cm³/mol. The van der Waals surface area contributed by atoms with Crippen molar-refractivity contribution in [3.63, 3.8) is 0 Å². The number of alkyl carbamates (subject to hydrolysis) is 1. The number of aryl methyl sites for hydroxylation is 1. The fourth-order valence-corrected chi connectivity index (χ4v) is 5.80. The van der Waals surface area contributed by atoms with Gasteiger partial charge in [-0.05, 0) is 49.9 Å². The second-order valence-corrected chi connectivity index (χ2v) is 10.8. The van der Waals surface area contributed by atoms with Crippen molar-refractivity contribution >= 4 is 17.8 Å². The van der Waals surface area contributed by atoms with E-state index in [9.17, 15) is 18.4 Å². The maximum atomic E-state index is 12.7. The number of carbonyl (C=O) groups excluding carboxylic acids is 2. The van der Waals surface area contributed by atoms with Crippen LogP contribution >= 0.6 is 0 Å². The van der Waals surface area contributed by atoms with E-state index in [-0.39, 0.29) is 41.1 Å². The van der Waals surface area contributed by atoms with Crippen molar-refractivity contribution in [3.8, 4) is 5.88 Å². The number of hydrogen-bond acceptors (Lipinski definition) is 6. The summed E-state index contributed by atoms with van der Waals surface area (Å²) in [6.45, 7) is 3.47. The second kappa shape index (κ2) is 9.36.